The molecule has 2 heterocycles. The van der Waals surface area contributed by atoms with E-state index in [0.717, 1.165) is 18.0 Å². The predicted octanol–water partition coefficient (Wildman–Crippen LogP) is 0.980. The topological polar surface area (TPSA) is 42.2 Å². The maximum Gasteiger partial charge on any atom is 0.159 e. The van der Waals surface area contributed by atoms with Gasteiger partial charge in [0, 0.05) is 18.2 Å². The average Bonchev–Trinajstić information content (AvgIpc) is 2.91. The molecule has 1 fully saturated rings. The van der Waals surface area contributed by atoms with Crippen LogP contribution in [0.3, 0.4) is 0 Å². The van der Waals surface area contributed by atoms with Crippen LogP contribution in [0.2, 0.25) is 0 Å². The quantitative estimate of drug-likeness (QED) is 0.806. The van der Waals surface area contributed by atoms with Gasteiger partial charge in [-0.3, -0.25) is 0 Å². The van der Waals surface area contributed by atoms with Gasteiger partial charge in [-0.25, -0.2) is 9.50 Å². The van der Waals surface area contributed by atoms with E-state index >= 15 is 0 Å². The highest BCUT2D eigenvalue weighted by molar-refractivity contribution is 5.38. The Morgan fingerprint density at radius 3 is 3.00 bits per heavy atom. The summed E-state index contributed by atoms with van der Waals surface area (Å²) < 4.78 is 1.85. The normalized spacial score (nSPS) is 18.2. The second-order valence-corrected chi connectivity index (χ2v) is 4.25. The van der Waals surface area contributed by atoms with Crippen LogP contribution in [0.5, 0.6) is 0 Å². The number of likely N-dealkylation sites (N-methyl/N-ethyl adjacent to an activating group) is 1. The maximum atomic E-state index is 4.58. The Morgan fingerprint density at radius 1 is 1.47 bits per heavy atom. The van der Waals surface area contributed by atoms with E-state index in [1.165, 1.54) is 12.8 Å². The molecule has 4 heteroatoms. The summed E-state index contributed by atoms with van der Waals surface area (Å²) in [6.07, 6.45) is 4.34. The number of nitrogens with zero attached hydrogens (tertiary/aromatic N) is 3. The van der Waals surface area contributed by atoms with Crippen molar-refractivity contribution in [3.05, 3.63) is 30.2 Å². The smallest absolute Gasteiger partial charge is 0.159 e. The zero-order chi connectivity index (χ0) is 10.3. The molecule has 1 aliphatic carbocycles. The molecule has 1 saturated carbocycles. The lowest BCUT2D eigenvalue weighted by molar-refractivity contribution is 0.587. The first-order valence-electron chi connectivity index (χ1n) is 5.31. The zero-order valence-electron chi connectivity index (χ0n) is 8.77. The van der Waals surface area contributed by atoms with Gasteiger partial charge in [0.15, 0.2) is 11.5 Å². The van der Waals surface area contributed by atoms with Gasteiger partial charge in [-0.15, -0.1) is 0 Å². The van der Waals surface area contributed by atoms with Crippen LogP contribution in [0.1, 0.15) is 18.7 Å². The minimum Gasteiger partial charge on any atom is -0.319 e. The highest BCUT2D eigenvalue weighted by Crippen LogP contribution is 2.46. The van der Waals surface area contributed by atoms with Gasteiger partial charge in [0.2, 0.25) is 0 Å². The third-order valence-electron chi connectivity index (χ3n) is 3.08. The SMILES string of the molecule is CNCC1(c2nc3ccccn3n2)CC1. The predicted molar refractivity (Wildman–Crippen MR) is 57.8 cm³/mol. The van der Waals surface area contributed by atoms with Crippen molar-refractivity contribution in [1.82, 2.24) is 19.9 Å². The molecular weight excluding hydrogens is 188 g/mol. The Labute approximate surface area is 88.3 Å². The summed E-state index contributed by atoms with van der Waals surface area (Å²) in [5.41, 5.74) is 1.15. The van der Waals surface area contributed by atoms with Crippen LogP contribution in [-0.4, -0.2) is 28.2 Å². The van der Waals surface area contributed by atoms with Crippen LogP contribution in [0.15, 0.2) is 24.4 Å². The van der Waals surface area contributed by atoms with Gasteiger partial charge in [0.1, 0.15) is 0 Å². The number of pyridine rings is 1. The summed E-state index contributed by atoms with van der Waals surface area (Å²) in [4.78, 5) is 4.58. The van der Waals surface area contributed by atoms with Crippen LogP contribution in [0, 0.1) is 0 Å². The maximum absolute atomic E-state index is 4.58. The van der Waals surface area contributed by atoms with Crippen LogP contribution >= 0.6 is 0 Å². The lowest BCUT2D eigenvalue weighted by atomic mass is 10.1. The number of fused-ring (bicyclic) bond motifs is 1. The summed E-state index contributed by atoms with van der Waals surface area (Å²) in [6, 6.07) is 5.96. The Balaban J connectivity index is 2.05. The second kappa shape index (κ2) is 3.03. The van der Waals surface area contributed by atoms with Crippen molar-refractivity contribution in [2.24, 2.45) is 0 Å². The minimum atomic E-state index is 0.209. The summed E-state index contributed by atoms with van der Waals surface area (Å²) >= 11 is 0. The second-order valence-electron chi connectivity index (χ2n) is 4.25. The molecule has 1 N–H and O–H groups in total. The number of hydrogen-bond acceptors (Lipinski definition) is 3. The molecule has 0 atom stereocenters. The zero-order valence-corrected chi connectivity index (χ0v) is 8.77. The van der Waals surface area contributed by atoms with Gasteiger partial charge in [-0.2, -0.15) is 5.10 Å². The fourth-order valence-electron chi connectivity index (χ4n) is 2.02. The molecule has 2 aromatic rings. The molecule has 0 bridgehead atoms. The Bertz CT molecular complexity index is 451. The summed E-state index contributed by atoms with van der Waals surface area (Å²) in [5.74, 6) is 0.989. The first-order valence-corrected chi connectivity index (χ1v) is 5.31. The van der Waals surface area contributed by atoms with E-state index in [1.807, 2.05) is 36.0 Å². The molecule has 0 radical (unpaired) electrons. The average molecular weight is 202 g/mol. The van der Waals surface area contributed by atoms with Crippen molar-refractivity contribution in [2.45, 2.75) is 18.3 Å². The van der Waals surface area contributed by atoms with E-state index < -0.39 is 0 Å². The monoisotopic (exact) mass is 202 g/mol. The molecule has 15 heavy (non-hydrogen) atoms. The molecule has 0 aromatic carbocycles. The van der Waals surface area contributed by atoms with Gasteiger partial charge >= 0.3 is 0 Å². The molecule has 2 aromatic heterocycles. The molecule has 1 aliphatic rings. The summed E-state index contributed by atoms with van der Waals surface area (Å²) in [7, 11) is 1.98. The van der Waals surface area contributed by atoms with E-state index in [0.29, 0.717) is 0 Å². The van der Waals surface area contributed by atoms with Gasteiger partial charge in [0.25, 0.3) is 0 Å². The van der Waals surface area contributed by atoms with Crippen molar-refractivity contribution in [1.29, 1.82) is 0 Å². The van der Waals surface area contributed by atoms with E-state index in [1.54, 1.807) is 0 Å². The molecule has 0 spiro atoms. The minimum absolute atomic E-state index is 0.209. The van der Waals surface area contributed by atoms with Gasteiger partial charge in [0.05, 0.1) is 0 Å². The largest absolute Gasteiger partial charge is 0.319 e. The third kappa shape index (κ3) is 1.33. The fraction of sp³-hybridized carbons (Fsp3) is 0.455. The van der Waals surface area contributed by atoms with Crippen molar-refractivity contribution in [3.8, 4) is 0 Å². The number of aromatic nitrogens is 3. The van der Waals surface area contributed by atoms with E-state index in [2.05, 4.69) is 15.4 Å². The highest BCUT2D eigenvalue weighted by atomic mass is 15.3. The van der Waals surface area contributed by atoms with E-state index in [4.69, 9.17) is 0 Å². The van der Waals surface area contributed by atoms with Crippen molar-refractivity contribution in [3.63, 3.8) is 0 Å². The Hall–Kier alpha value is -1.42. The van der Waals surface area contributed by atoms with Crippen molar-refractivity contribution >= 4 is 5.65 Å². The molecule has 0 amide bonds. The van der Waals surface area contributed by atoms with E-state index in [9.17, 15) is 0 Å². The van der Waals surface area contributed by atoms with E-state index in [-0.39, 0.29) is 5.41 Å². The third-order valence-corrected chi connectivity index (χ3v) is 3.08. The lowest BCUT2D eigenvalue weighted by Crippen LogP contribution is -2.24. The van der Waals surface area contributed by atoms with Gasteiger partial charge < -0.3 is 5.32 Å². The molecule has 0 unspecified atom stereocenters. The first-order chi connectivity index (χ1) is 7.34. The molecule has 0 saturated heterocycles. The Morgan fingerprint density at radius 2 is 2.33 bits per heavy atom. The fourth-order valence-corrected chi connectivity index (χ4v) is 2.02. The van der Waals surface area contributed by atoms with Crippen LogP contribution < -0.4 is 5.32 Å². The highest BCUT2D eigenvalue weighted by Gasteiger charge is 2.47. The molecule has 4 nitrogen and oxygen atoms in total. The van der Waals surface area contributed by atoms with Crippen LogP contribution in [0.4, 0.5) is 0 Å². The van der Waals surface area contributed by atoms with Crippen molar-refractivity contribution in [2.75, 3.05) is 13.6 Å². The molecule has 78 valence electrons. The molecule has 3 rings (SSSR count). The molecular formula is C11H14N4. The van der Waals surface area contributed by atoms with Gasteiger partial charge in [-0.05, 0) is 32.0 Å². The van der Waals surface area contributed by atoms with Crippen molar-refractivity contribution < 1.29 is 0 Å². The number of nitrogens with one attached hydrogen (secondary N) is 1. The lowest BCUT2D eigenvalue weighted by Gasteiger charge is -2.08. The standard InChI is InChI=1S/C11H14N4/c1-12-8-11(5-6-11)10-13-9-4-2-3-7-15(9)14-10/h2-4,7,12H,5-6,8H2,1H3. The summed E-state index contributed by atoms with van der Waals surface area (Å²) in [6.45, 7) is 0.976. The van der Waals surface area contributed by atoms with Crippen LogP contribution in [-0.2, 0) is 5.41 Å². The van der Waals surface area contributed by atoms with Gasteiger partial charge in [-0.1, -0.05) is 6.07 Å². The number of rotatable bonds is 3. The number of hydrogen-bond donors (Lipinski definition) is 1. The summed E-state index contributed by atoms with van der Waals surface area (Å²) in [5, 5.41) is 7.76. The Kier molecular flexibility index (Phi) is 1.79. The van der Waals surface area contributed by atoms with Crippen LogP contribution in [0.25, 0.3) is 5.65 Å². The first kappa shape index (κ1) is 8.85. The molecule has 0 aliphatic heterocycles.